The van der Waals surface area contributed by atoms with E-state index in [0.717, 1.165) is 50.1 Å². The number of guanidine groups is 1. The lowest BCUT2D eigenvalue weighted by Crippen LogP contribution is -2.41. The summed E-state index contributed by atoms with van der Waals surface area (Å²) < 4.78 is 0. The molecule has 1 amide bonds. The fourth-order valence-electron chi connectivity index (χ4n) is 3.69. The summed E-state index contributed by atoms with van der Waals surface area (Å²) in [4.78, 5) is 18.7. The van der Waals surface area contributed by atoms with Crippen LogP contribution in [0, 0.1) is 12.8 Å². The van der Waals surface area contributed by atoms with E-state index < -0.39 is 0 Å². The first-order chi connectivity index (χ1) is 15.1. The Balaban J connectivity index is 0.00000363. The molecule has 5 nitrogen and oxygen atoms in total. The Hall–Kier alpha value is -1.74. The van der Waals surface area contributed by atoms with Gasteiger partial charge in [0, 0.05) is 57.1 Å². The molecule has 7 heteroatoms. The second-order valence-corrected chi connectivity index (χ2v) is 9.17. The second-order valence-electron chi connectivity index (χ2n) is 8.06. The number of halogens is 1. The number of carbonyl (C=O) groups excluding carboxylic acids is 1. The van der Waals surface area contributed by atoms with Gasteiger partial charge in [-0.05, 0) is 24.5 Å². The van der Waals surface area contributed by atoms with Gasteiger partial charge in [-0.3, -0.25) is 9.79 Å². The summed E-state index contributed by atoms with van der Waals surface area (Å²) in [7, 11) is 1.79. The molecule has 0 bridgehead atoms. The number of aliphatic imine (C=N–C) groups is 1. The maximum atomic E-state index is 12.3. The van der Waals surface area contributed by atoms with Gasteiger partial charge < -0.3 is 15.5 Å². The Morgan fingerprint density at radius 3 is 2.56 bits per heavy atom. The van der Waals surface area contributed by atoms with Crippen molar-refractivity contribution in [1.29, 1.82) is 0 Å². The first kappa shape index (κ1) is 26.5. The van der Waals surface area contributed by atoms with Crippen LogP contribution in [0.2, 0.25) is 0 Å². The summed E-state index contributed by atoms with van der Waals surface area (Å²) in [5.74, 6) is 3.45. The van der Waals surface area contributed by atoms with Crippen LogP contribution < -0.4 is 10.6 Å². The molecule has 1 heterocycles. The Morgan fingerprint density at radius 2 is 1.84 bits per heavy atom. The van der Waals surface area contributed by atoms with Gasteiger partial charge in [0.05, 0.1) is 0 Å². The van der Waals surface area contributed by atoms with Crippen LogP contribution in [0.4, 0.5) is 0 Å². The maximum absolute atomic E-state index is 12.3. The van der Waals surface area contributed by atoms with Crippen molar-refractivity contribution < 1.29 is 4.79 Å². The SMILES string of the molecule is CN=C(NCCSCc1ccc(C)cc1)NCC1CC(=O)N(CCc2ccccc2)C1.I. The molecule has 2 aromatic rings. The lowest BCUT2D eigenvalue weighted by atomic mass is 10.1. The Morgan fingerprint density at radius 1 is 1.09 bits per heavy atom. The van der Waals surface area contributed by atoms with E-state index in [-0.39, 0.29) is 29.9 Å². The lowest BCUT2D eigenvalue weighted by Gasteiger charge is -2.18. The normalized spacial score (nSPS) is 16.1. The van der Waals surface area contributed by atoms with Crippen molar-refractivity contribution >= 4 is 47.6 Å². The van der Waals surface area contributed by atoms with Gasteiger partial charge in [-0.2, -0.15) is 11.8 Å². The maximum Gasteiger partial charge on any atom is 0.223 e. The van der Waals surface area contributed by atoms with Crippen LogP contribution in [0.1, 0.15) is 23.1 Å². The van der Waals surface area contributed by atoms with Gasteiger partial charge in [-0.1, -0.05) is 60.2 Å². The van der Waals surface area contributed by atoms with Crippen LogP contribution in [-0.4, -0.2) is 55.7 Å². The van der Waals surface area contributed by atoms with Crippen LogP contribution in [0.25, 0.3) is 0 Å². The zero-order valence-corrected chi connectivity index (χ0v) is 22.2. The van der Waals surface area contributed by atoms with E-state index >= 15 is 0 Å². The predicted molar refractivity (Wildman–Crippen MR) is 147 cm³/mol. The smallest absolute Gasteiger partial charge is 0.223 e. The minimum Gasteiger partial charge on any atom is -0.356 e. The molecule has 0 spiro atoms. The summed E-state index contributed by atoms with van der Waals surface area (Å²) in [6, 6.07) is 19.1. The van der Waals surface area contributed by atoms with E-state index in [0.29, 0.717) is 12.3 Å². The number of nitrogens with one attached hydrogen (secondary N) is 2. The predicted octanol–water partition coefficient (Wildman–Crippen LogP) is 4.10. The number of carbonyl (C=O) groups is 1. The quantitative estimate of drug-likeness (QED) is 0.197. The third kappa shape index (κ3) is 9.02. The lowest BCUT2D eigenvalue weighted by molar-refractivity contribution is -0.127. The van der Waals surface area contributed by atoms with E-state index in [9.17, 15) is 4.79 Å². The van der Waals surface area contributed by atoms with Crippen molar-refractivity contribution in [3.8, 4) is 0 Å². The molecule has 1 atom stereocenters. The third-order valence-electron chi connectivity index (χ3n) is 5.52. The standard InChI is InChI=1S/C25H34N4OS.HI/c1-20-8-10-22(11-9-20)19-31-15-13-27-25(26-2)28-17-23-16-24(30)29(18-23)14-12-21-6-4-3-5-7-21;/h3-11,23H,12-19H2,1-2H3,(H2,26,27,28);1H. The molecular formula is C25H35IN4OS. The van der Waals surface area contributed by atoms with E-state index in [1.807, 2.05) is 34.9 Å². The zero-order valence-electron chi connectivity index (χ0n) is 19.0. The molecule has 2 N–H and O–H groups in total. The molecule has 0 saturated carbocycles. The molecule has 0 aliphatic carbocycles. The number of nitrogens with zero attached hydrogens (tertiary/aromatic N) is 2. The van der Waals surface area contributed by atoms with Gasteiger partial charge in [-0.25, -0.2) is 0 Å². The summed E-state index contributed by atoms with van der Waals surface area (Å²) in [6.07, 6.45) is 1.53. The van der Waals surface area contributed by atoms with Gasteiger partial charge in [0.2, 0.25) is 5.91 Å². The van der Waals surface area contributed by atoms with E-state index in [4.69, 9.17) is 0 Å². The first-order valence-corrected chi connectivity index (χ1v) is 12.2. The van der Waals surface area contributed by atoms with Crippen molar-refractivity contribution in [2.24, 2.45) is 10.9 Å². The van der Waals surface area contributed by atoms with Crippen LogP contribution in [0.15, 0.2) is 59.6 Å². The topological polar surface area (TPSA) is 56.7 Å². The molecule has 32 heavy (non-hydrogen) atoms. The van der Waals surface area contributed by atoms with Crippen LogP contribution in [0.5, 0.6) is 0 Å². The van der Waals surface area contributed by atoms with Gasteiger partial charge in [0.15, 0.2) is 5.96 Å². The minimum absolute atomic E-state index is 0. The average molecular weight is 567 g/mol. The van der Waals surface area contributed by atoms with Gasteiger partial charge in [-0.15, -0.1) is 24.0 Å². The Bertz CT molecular complexity index is 845. The van der Waals surface area contributed by atoms with Crippen LogP contribution in [0.3, 0.4) is 0 Å². The number of aryl methyl sites for hydroxylation is 1. The number of amides is 1. The van der Waals surface area contributed by atoms with Gasteiger partial charge in [0.1, 0.15) is 0 Å². The molecule has 2 aromatic carbocycles. The minimum atomic E-state index is 0. The molecular weight excluding hydrogens is 531 g/mol. The molecule has 0 radical (unpaired) electrons. The molecule has 1 aliphatic rings. The highest BCUT2D eigenvalue weighted by molar-refractivity contribution is 14.0. The van der Waals surface area contributed by atoms with Crippen molar-refractivity contribution in [3.05, 3.63) is 71.3 Å². The van der Waals surface area contributed by atoms with Crippen LogP contribution in [-0.2, 0) is 17.0 Å². The van der Waals surface area contributed by atoms with Crippen molar-refractivity contribution in [1.82, 2.24) is 15.5 Å². The number of benzene rings is 2. The molecule has 1 aliphatic heterocycles. The average Bonchev–Trinajstić information content (AvgIpc) is 3.15. The van der Waals surface area contributed by atoms with Crippen molar-refractivity contribution in [3.63, 3.8) is 0 Å². The Labute approximate surface area is 213 Å². The number of thioether (sulfide) groups is 1. The monoisotopic (exact) mass is 566 g/mol. The summed E-state index contributed by atoms with van der Waals surface area (Å²) in [5.41, 5.74) is 3.94. The molecule has 1 unspecified atom stereocenters. The highest BCUT2D eigenvalue weighted by atomic mass is 127. The highest BCUT2D eigenvalue weighted by Crippen LogP contribution is 2.17. The Kier molecular flexibility index (Phi) is 11.9. The first-order valence-electron chi connectivity index (χ1n) is 11.0. The van der Waals surface area contributed by atoms with E-state index in [1.165, 1.54) is 16.7 Å². The fraction of sp³-hybridized carbons (Fsp3) is 0.440. The third-order valence-corrected chi connectivity index (χ3v) is 6.55. The number of rotatable bonds is 10. The van der Waals surface area contributed by atoms with Crippen molar-refractivity contribution in [2.75, 3.05) is 39.0 Å². The fourth-order valence-corrected chi connectivity index (χ4v) is 4.51. The summed E-state index contributed by atoms with van der Waals surface area (Å²) >= 11 is 1.92. The van der Waals surface area contributed by atoms with Crippen LogP contribution >= 0.6 is 35.7 Å². The second kappa shape index (κ2) is 14.4. The molecule has 0 aromatic heterocycles. The van der Waals surface area contributed by atoms with E-state index in [1.54, 1.807) is 7.05 Å². The number of hydrogen-bond acceptors (Lipinski definition) is 3. The molecule has 174 valence electrons. The molecule has 3 rings (SSSR count). The summed E-state index contributed by atoms with van der Waals surface area (Å²) in [6.45, 7) is 5.36. The molecule has 1 fully saturated rings. The van der Waals surface area contributed by atoms with Gasteiger partial charge >= 0.3 is 0 Å². The van der Waals surface area contributed by atoms with Crippen molar-refractivity contribution in [2.45, 2.75) is 25.5 Å². The molecule has 1 saturated heterocycles. The highest BCUT2D eigenvalue weighted by Gasteiger charge is 2.29. The number of likely N-dealkylation sites (tertiary alicyclic amines) is 1. The number of hydrogen-bond donors (Lipinski definition) is 2. The van der Waals surface area contributed by atoms with Gasteiger partial charge in [0.25, 0.3) is 0 Å². The van der Waals surface area contributed by atoms with E-state index in [2.05, 4.69) is 58.9 Å². The largest absolute Gasteiger partial charge is 0.356 e. The zero-order chi connectivity index (χ0) is 21.9. The summed E-state index contributed by atoms with van der Waals surface area (Å²) in [5, 5.41) is 6.77.